The van der Waals surface area contributed by atoms with Crippen LogP contribution in [0.25, 0.3) is 0 Å². The fourth-order valence-electron chi connectivity index (χ4n) is 1.67. The molecule has 0 atom stereocenters. The maximum absolute atomic E-state index is 2.43. The van der Waals surface area contributed by atoms with Crippen molar-refractivity contribution in [3.05, 3.63) is 22.4 Å². The van der Waals surface area contributed by atoms with Gasteiger partial charge in [0.15, 0.2) is 0 Å². The van der Waals surface area contributed by atoms with Crippen molar-refractivity contribution < 1.29 is 0 Å². The van der Waals surface area contributed by atoms with Gasteiger partial charge in [-0.2, -0.15) is 0 Å². The van der Waals surface area contributed by atoms with Crippen molar-refractivity contribution in [1.29, 1.82) is 0 Å². The first-order chi connectivity index (χ1) is 4.93. The third-order valence-corrected chi connectivity index (χ3v) is 4.95. The van der Waals surface area contributed by atoms with E-state index in [1.807, 2.05) is 0 Å². The van der Waals surface area contributed by atoms with Crippen LogP contribution in [0.2, 0.25) is 19.6 Å². The molecule has 0 aromatic carbocycles. The van der Waals surface area contributed by atoms with E-state index in [1.54, 1.807) is 10.8 Å². The Balaban J connectivity index is 0.00000121. The molecule has 0 fully saturated rings. The molecule has 0 unspecified atom stereocenters. The van der Waals surface area contributed by atoms with Gasteiger partial charge in [0.2, 0.25) is 0 Å². The van der Waals surface area contributed by atoms with Gasteiger partial charge in [-0.1, -0.05) is 42.1 Å². The van der Waals surface area contributed by atoms with E-state index in [0.717, 1.165) is 0 Å². The molecule has 0 bridgehead atoms. The van der Waals surface area contributed by atoms with E-state index in [0.29, 0.717) is 0 Å². The molecule has 63 valence electrons. The Kier molecular flexibility index (Phi) is 4.10. The standard InChI is InChI=1S/C10H18Si.Li/c1-8-6-7-10(9(8)2)11(3,4)5;/h6H,7H2,1-5H3;. The van der Waals surface area contributed by atoms with Crippen LogP contribution in [0.3, 0.4) is 0 Å². The smallest absolute Gasteiger partial charge is 0.0732 e. The van der Waals surface area contributed by atoms with Crippen molar-refractivity contribution in [3.8, 4) is 0 Å². The Hall–Kier alpha value is 0.294. The third kappa shape index (κ3) is 2.39. The maximum atomic E-state index is 2.43. The van der Waals surface area contributed by atoms with Gasteiger partial charge in [0, 0.05) is 18.9 Å². The van der Waals surface area contributed by atoms with E-state index in [-0.39, 0.29) is 18.9 Å². The third-order valence-electron chi connectivity index (χ3n) is 2.56. The Morgan fingerprint density at radius 1 is 1.17 bits per heavy atom. The Bertz CT molecular complexity index is 231. The molecule has 0 saturated carbocycles. The normalized spacial score (nSPS) is 17.6. The first-order valence-electron chi connectivity index (χ1n) is 4.30. The predicted octanol–water partition coefficient (Wildman–Crippen LogP) is 3.15. The van der Waals surface area contributed by atoms with E-state index in [1.165, 1.54) is 12.0 Å². The summed E-state index contributed by atoms with van der Waals surface area (Å²) in [7, 11) is -1.00. The van der Waals surface area contributed by atoms with E-state index >= 15 is 0 Å². The van der Waals surface area contributed by atoms with E-state index in [2.05, 4.69) is 39.6 Å². The zero-order valence-electron chi connectivity index (χ0n) is 9.28. The molecule has 0 spiro atoms. The molecule has 12 heavy (non-hydrogen) atoms. The quantitative estimate of drug-likeness (QED) is 0.534. The molecule has 1 rings (SSSR count). The second kappa shape index (κ2) is 4.00. The molecule has 0 saturated heterocycles. The van der Waals surface area contributed by atoms with E-state index in [4.69, 9.17) is 0 Å². The molecular weight excluding hydrogens is 155 g/mol. The molecule has 0 amide bonds. The molecule has 0 aliphatic heterocycles. The van der Waals surface area contributed by atoms with Crippen molar-refractivity contribution in [1.82, 2.24) is 0 Å². The van der Waals surface area contributed by atoms with Gasteiger partial charge in [0.05, 0.1) is 8.07 Å². The number of hydrogen-bond acceptors (Lipinski definition) is 0. The SMILES string of the molecule is CC1=CCC([Si](C)(C)C)=C1C.[Li]. The molecular formula is C10H18LiSi. The van der Waals surface area contributed by atoms with Gasteiger partial charge in [-0.15, -0.1) is 0 Å². The van der Waals surface area contributed by atoms with Crippen LogP contribution in [-0.4, -0.2) is 26.9 Å². The number of hydrogen-bond donors (Lipinski definition) is 0. The molecule has 0 heterocycles. The molecule has 0 N–H and O–H groups in total. The van der Waals surface area contributed by atoms with Crippen LogP contribution in [-0.2, 0) is 0 Å². The average Bonchev–Trinajstić information content (AvgIpc) is 2.11. The Morgan fingerprint density at radius 2 is 1.67 bits per heavy atom. The van der Waals surface area contributed by atoms with Crippen LogP contribution in [0.1, 0.15) is 20.3 Å². The Morgan fingerprint density at radius 3 is 1.83 bits per heavy atom. The second-order valence-electron chi connectivity index (χ2n) is 4.44. The average molecular weight is 173 g/mol. The van der Waals surface area contributed by atoms with Crippen LogP contribution in [0.4, 0.5) is 0 Å². The fourth-order valence-corrected chi connectivity index (χ4v) is 3.70. The summed E-state index contributed by atoms with van der Waals surface area (Å²) in [6.07, 6.45) is 3.59. The van der Waals surface area contributed by atoms with Crippen molar-refractivity contribution in [3.63, 3.8) is 0 Å². The summed E-state index contributed by atoms with van der Waals surface area (Å²) >= 11 is 0. The molecule has 1 aliphatic rings. The summed E-state index contributed by atoms with van der Waals surface area (Å²) in [5.74, 6) is 0. The summed E-state index contributed by atoms with van der Waals surface area (Å²) in [4.78, 5) is 0. The zero-order valence-corrected chi connectivity index (χ0v) is 10.3. The topological polar surface area (TPSA) is 0 Å². The maximum Gasteiger partial charge on any atom is 0.0732 e. The molecule has 0 nitrogen and oxygen atoms in total. The van der Waals surface area contributed by atoms with Gasteiger partial charge in [0.1, 0.15) is 0 Å². The molecule has 0 aromatic rings. The minimum absolute atomic E-state index is 0. The van der Waals surface area contributed by atoms with Gasteiger partial charge in [-0.05, 0) is 20.3 Å². The zero-order chi connectivity index (χ0) is 8.65. The summed E-state index contributed by atoms with van der Waals surface area (Å²) in [6, 6.07) is 0. The Labute approximate surface area is 89.3 Å². The van der Waals surface area contributed by atoms with Gasteiger partial charge in [-0.25, -0.2) is 0 Å². The molecule has 1 aliphatic carbocycles. The minimum Gasteiger partial charge on any atom is -0.0777 e. The molecule has 2 heteroatoms. The van der Waals surface area contributed by atoms with Gasteiger partial charge in [-0.3, -0.25) is 0 Å². The van der Waals surface area contributed by atoms with Crippen molar-refractivity contribution in [2.24, 2.45) is 0 Å². The summed E-state index contributed by atoms with van der Waals surface area (Å²) in [5, 5.41) is 1.75. The monoisotopic (exact) mass is 173 g/mol. The van der Waals surface area contributed by atoms with Crippen molar-refractivity contribution in [2.45, 2.75) is 39.9 Å². The number of allylic oxidation sites excluding steroid dienone is 4. The summed E-state index contributed by atoms with van der Waals surface area (Å²) < 4.78 is 0. The first kappa shape index (κ1) is 12.3. The molecule has 1 radical (unpaired) electrons. The van der Waals surface area contributed by atoms with Gasteiger partial charge >= 0.3 is 0 Å². The van der Waals surface area contributed by atoms with E-state index < -0.39 is 8.07 Å². The predicted molar refractivity (Wildman–Crippen MR) is 60.2 cm³/mol. The van der Waals surface area contributed by atoms with Crippen LogP contribution in [0.5, 0.6) is 0 Å². The minimum atomic E-state index is -1.00. The van der Waals surface area contributed by atoms with Crippen molar-refractivity contribution in [2.75, 3.05) is 0 Å². The second-order valence-corrected chi connectivity index (χ2v) is 9.55. The van der Waals surface area contributed by atoms with Crippen molar-refractivity contribution >= 4 is 26.9 Å². The van der Waals surface area contributed by atoms with Crippen LogP contribution >= 0.6 is 0 Å². The van der Waals surface area contributed by atoms with Gasteiger partial charge in [0.25, 0.3) is 0 Å². The van der Waals surface area contributed by atoms with Crippen LogP contribution < -0.4 is 0 Å². The van der Waals surface area contributed by atoms with Gasteiger partial charge < -0.3 is 0 Å². The largest absolute Gasteiger partial charge is 0.0777 e. The van der Waals surface area contributed by atoms with Crippen LogP contribution in [0, 0.1) is 0 Å². The summed E-state index contributed by atoms with van der Waals surface area (Å²) in [6.45, 7) is 11.8. The fraction of sp³-hybridized carbons (Fsp3) is 0.600. The van der Waals surface area contributed by atoms with Crippen LogP contribution in [0.15, 0.2) is 22.4 Å². The van der Waals surface area contributed by atoms with E-state index in [9.17, 15) is 0 Å². The molecule has 0 aromatic heterocycles. The number of rotatable bonds is 1. The summed E-state index contributed by atoms with van der Waals surface area (Å²) in [5.41, 5.74) is 3.08. The first-order valence-corrected chi connectivity index (χ1v) is 7.80.